The lowest BCUT2D eigenvalue weighted by atomic mass is 10.1. The fourth-order valence-electron chi connectivity index (χ4n) is 3.31. The highest BCUT2D eigenvalue weighted by molar-refractivity contribution is 5.73. The molecule has 144 valence electrons. The number of nitrogens with one attached hydrogen (secondary N) is 1. The number of anilines is 1. The number of nitrogens with zero attached hydrogens (tertiary/aromatic N) is 2. The number of aryl methyl sites for hydroxylation is 1. The minimum atomic E-state index is -0.0409. The Labute approximate surface area is 161 Å². The fraction of sp³-hybridized carbons (Fsp3) is 0.409. The first-order chi connectivity index (χ1) is 13.1. The van der Waals surface area contributed by atoms with Gasteiger partial charge in [-0.3, -0.25) is 0 Å². The highest BCUT2D eigenvalue weighted by atomic mass is 16.5. The van der Waals surface area contributed by atoms with Gasteiger partial charge in [-0.2, -0.15) is 0 Å². The lowest BCUT2D eigenvalue weighted by Gasteiger charge is -2.29. The van der Waals surface area contributed by atoms with Crippen LogP contribution >= 0.6 is 0 Å². The van der Waals surface area contributed by atoms with E-state index in [1.165, 1.54) is 16.8 Å². The number of benzene rings is 2. The average Bonchev–Trinajstić information content (AvgIpc) is 2.70. The van der Waals surface area contributed by atoms with Crippen LogP contribution in [-0.4, -0.2) is 50.8 Å². The first-order valence-corrected chi connectivity index (χ1v) is 9.58. The highest BCUT2D eigenvalue weighted by Crippen LogP contribution is 2.17. The molecule has 0 bridgehead atoms. The van der Waals surface area contributed by atoms with Gasteiger partial charge in [0.15, 0.2) is 0 Å². The second kappa shape index (κ2) is 9.42. The Bertz CT molecular complexity index is 739. The van der Waals surface area contributed by atoms with Gasteiger partial charge in [-0.05, 0) is 42.2 Å². The summed E-state index contributed by atoms with van der Waals surface area (Å²) in [6.45, 7) is 6.78. The van der Waals surface area contributed by atoms with Crippen molar-refractivity contribution >= 4 is 11.7 Å². The van der Waals surface area contributed by atoms with Gasteiger partial charge in [-0.1, -0.05) is 36.4 Å². The summed E-state index contributed by atoms with van der Waals surface area (Å²) >= 11 is 0. The lowest BCUT2D eigenvalue weighted by molar-refractivity contribution is 0.122. The number of morpholine rings is 1. The molecule has 1 saturated heterocycles. The van der Waals surface area contributed by atoms with Crippen molar-refractivity contribution in [2.45, 2.75) is 19.9 Å². The summed E-state index contributed by atoms with van der Waals surface area (Å²) in [6, 6.07) is 16.7. The van der Waals surface area contributed by atoms with Gasteiger partial charge in [0.2, 0.25) is 0 Å². The molecule has 1 fully saturated rings. The van der Waals surface area contributed by atoms with Crippen LogP contribution in [0.1, 0.15) is 16.7 Å². The van der Waals surface area contributed by atoms with Gasteiger partial charge in [0, 0.05) is 38.9 Å². The summed E-state index contributed by atoms with van der Waals surface area (Å²) in [5.74, 6) is 0. The predicted octanol–water partition coefficient (Wildman–Crippen LogP) is 3.22. The van der Waals surface area contributed by atoms with Gasteiger partial charge in [0.25, 0.3) is 0 Å². The van der Waals surface area contributed by atoms with Crippen LogP contribution in [0.5, 0.6) is 0 Å². The first-order valence-electron chi connectivity index (χ1n) is 9.58. The third-order valence-corrected chi connectivity index (χ3v) is 5.01. The van der Waals surface area contributed by atoms with E-state index in [0.29, 0.717) is 13.1 Å². The lowest BCUT2D eigenvalue weighted by Crippen LogP contribution is -2.38. The third kappa shape index (κ3) is 5.47. The van der Waals surface area contributed by atoms with E-state index >= 15 is 0 Å². The van der Waals surface area contributed by atoms with Gasteiger partial charge in [0.05, 0.1) is 13.2 Å². The zero-order valence-corrected chi connectivity index (χ0v) is 16.3. The van der Waals surface area contributed by atoms with Crippen LogP contribution in [0.2, 0.25) is 0 Å². The van der Waals surface area contributed by atoms with E-state index in [4.69, 9.17) is 4.74 Å². The fourth-order valence-corrected chi connectivity index (χ4v) is 3.31. The van der Waals surface area contributed by atoms with E-state index in [1.54, 1.807) is 4.90 Å². The summed E-state index contributed by atoms with van der Waals surface area (Å²) < 4.78 is 5.40. The molecule has 0 aliphatic carbocycles. The Morgan fingerprint density at radius 3 is 2.52 bits per heavy atom. The molecule has 5 heteroatoms. The Kier molecular flexibility index (Phi) is 6.71. The molecular formula is C22H29N3O2. The molecule has 27 heavy (non-hydrogen) atoms. The van der Waals surface area contributed by atoms with E-state index in [9.17, 15) is 4.79 Å². The first kappa shape index (κ1) is 19.2. The molecule has 0 spiro atoms. The van der Waals surface area contributed by atoms with Gasteiger partial charge in [-0.25, -0.2) is 4.79 Å². The van der Waals surface area contributed by atoms with E-state index in [1.807, 2.05) is 19.2 Å². The SMILES string of the molecule is Cc1ccccc1CCNC(=O)N(C)Cc1ccc(N2CCOCC2)cc1. The summed E-state index contributed by atoms with van der Waals surface area (Å²) in [5, 5.41) is 3.01. The maximum Gasteiger partial charge on any atom is 0.317 e. The van der Waals surface area contributed by atoms with E-state index in [-0.39, 0.29) is 6.03 Å². The number of hydrogen-bond donors (Lipinski definition) is 1. The Balaban J connectivity index is 1.45. The van der Waals surface area contributed by atoms with Crippen molar-refractivity contribution in [1.82, 2.24) is 10.2 Å². The van der Waals surface area contributed by atoms with E-state index in [2.05, 4.69) is 53.5 Å². The average molecular weight is 367 g/mol. The summed E-state index contributed by atoms with van der Waals surface area (Å²) in [7, 11) is 1.83. The maximum atomic E-state index is 12.3. The third-order valence-electron chi connectivity index (χ3n) is 5.01. The molecule has 1 aliphatic rings. The molecular weight excluding hydrogens is 338 g/mol. The molecule has 0 saturated carbocycles. The van der Waals surface area contributed by atoms with Crippen LogP contribution in [0.25, 0.3) is 0 Å². The maximum absolute atomic E-state index is 12.3. The largest absolute Gasteiger partial charge is 0.378 e. The van der Waals surface area contributed by atoms with E-state index < -0.39 is 0 Å². The monoisotopic (exact) mass is 367 g/mol. The van der Waals surface area contributed by atoms with Crippen LogP contribution in [0.3, 0.4) is 0 Å². The molecule has 2 aromatic rings. The van der Waals surface area contributed by atoms with Crippen LogP contribution in [0, 0.1) is 6.92 Å². The van der Waals surface area contributed by atoms with Gasteiger partial charge < -0.3 is 19.9 Å². The quantitative estimate of drug-likeness (QED) is 0.853. The molecule has 5 nitrogen and oxygen atoms in total. The van der Waals surface area contributed by atoms with Crippen molar-refractivity contribution < 1.29 is 9.53 Å². The number of urea groups is 1. The van der Waals surface area contributed by atoms with E-state index in [0.717, 1.165) is 38.3 Å². The molecule has 1 N–H and O–H groups in total. The van der Waals surface area contributed by atoms with Crippen molar-refractivity contribution in [3.05, 3.63) is 65.2 Å². The second-order valence-electron chi connectivity index (χ2n) is 7.03. The molecule has 0 unspecified atom stereocenters. The highest BCUT2D eigenvalue weighted by Gasteiger charge is 2.12. The zero-order valence-electron chi connectivity index (χ0n) is 16.3. The minimum absolute atomic E-state index is 0.0409. The van der Waals surface area contributed by atoms with Crippen molar-refractivity contribution in [3.8, 4) is 0 Å². The molecule has 1 heterocycles. The van der Waals surface area contributed by atoms with Gasteiger partial charge in [0.1, 0.15) is 0 Å². The number of amides is 2. The van der Waals surface area contributed by atoms with Crippen molar-refractivity contribution in [2.24, 2.45) is 0 Å². The van der Waals surface area contributed by atoms with Crippen LogP contribution in [-0.2, 0) is 17.7 Å². The normalized spacial score (nSPS) is 14.1. The minimum Gasteiger partial charge on any atom is -0.378 e. The summed E-state index contributed by atoms with van der Waals surface area (Å²) in [6.07, 6.45) is 0.848. The Morgan fingerprint density at radius 1 is 1.11 bits per heavy atom. The number of hydrogen-bond acceptors (Lipinski definition) is 3. The second-order valence-corrected chi connectivity index (χ2v) is 7.03. The van der Waals surface area contributed by atoms with Crippen molar-refractivity contribution in [3.63, 3.8) is 0 Å². The molecule has 0 aromatic heterocycles. The van der Waals surface area contributed by atoms with Crippen molar-refractivity contribution in [2.75, 3.05) is 44.8 Å². The zero-order chi connectivity index (χ0) is 19.1. The Hall–Kier alpha value is -2.53. The van der Waals surface area contributed by atoms with Crippen LogP contribution in [0.15, 0.2) is 48.5 Å². The van der Waals surface area contributed by atoms with Gasteiger partial charge in [-0.15, -0.1) is 0 Å². The molecule has 3 rings (SSSR count). The van der Waals surface area contributed by atoms with Crippen LogP contribution < -0.4 is 10.2 Å². The number of carbonyl (C=O) groups excluding carboxylic acids is 1. The summed E-state index contributed by atoms with van der Waals surface area (Å²) in [5.41, 5.74) is 4.88. The number of carbonyl (C=O) groups is 1. The summed E-state index contributed by atoms with van der Waals surface area (Å²) in [4.78, 5) is 16.4. The van der Waals surface area contributed by atoms with Gasteiger partial charge >= 0.3 is 6.03 Å². The molecule has 1 aliphatic heterocycles. The molecule has 0 atom stereocenters. The number of ether oxygens (including phenoxy) is 1. The standard InChI is InChI=1S/C22H29N3O2/c1-18-5-3-4-6-20(18)11-12-23-22(26)24(2)17-19-7-9-21(10-8-19)25-13-15-27-16-14-25/h3-10H,11-17H2,1-2H3,(H,23,26). The van der Waals surface area contributed by atoms with Crippen molar-refractivity contribution in [1.29, 1.82) is 0 Å². The number of rotatable bonds is 6. The molecule has 2 aromatic carbocycles. The molecule has 2 amide bonds. The topological polar surface area (TPSA) is 44.8 Å². The smallest absolute Gasteiger partial charge is 0.317 e. The van der Waals surface area contributed by atoms with Crippen LogP contribution in [0.4, 0.5) is 10.5 Å². The predicted molar refractivity (Wildman–Crippen MR) is 109 cm³/mol. The Morgan fingerprint density at radius 2 is 1.81 bits per heavy atom. The molecule has 0 radical (unpaired) electrons.